The number of aromatic nitrogens is 2. The third kappa shape index (κ3) is 3.73. The number of rotatable bonds is 4. The van der Waals surface area contributed by atoms with E-state index in [0.29, 0.717) is 30.6 Å². The second kappa shape index (κ2) is 8.31. The summed E-state index contributed by atoms with van der Waals surface area (Å²) in [5, 5.41) is 0. The smallest absolute Gasteiger partial charge is 0.254 e. The molecule has 2 aliphatic heterocycles. The highest BCUT2D eigenvalue weighted by atomic mass is 19.2. The van der Waals surface area contributed by atoms with E-state index in [4.69, 9.17) is 4.74 Å². The first kappa shape index (κ1) is 21.1. The molecule has 5 nitrogen and oxygen atoms in total. The maximum absolute atomic E-state index is 14.5. The van der Waals surface area contributed by atoms with Gasteiger partial charge in [0.15, 0.2) is 11.6 Å². The molecule has 0 aliphatic carbocycles. The Bertz CT molecular complexity index is 1310. The summed E-state index contributed by atoms with van der Waals surface area (Å²) < 4.78 is 35.8. The first-order valence-corrected chi connectivity index (χ1v) is 10.8. The molecule has 33 heavy (non-hydrogen) atoms. The van der Waals surface area contributed by atoms with Crippen LogP contribution in [0.25, 0.3) is 11.8 Å². The zero-order valence-corrected chi connectivity index (χ0v) is 18.4. The van der Waals surface area contributed by atoms with Crippen LogP contribution >= 0.6 is 0 Å². The molecular formula is C26H23F2N3O2. The predicted octanol–water partition coefficient (Wildman–Crippen LogP) is 5.50. The number of allylic oxidation sites excluding steroid dienone is 2. The molecule has 1 saturated heterocycles. The molecule has 1 fully saturated rings. The van der Waals surface area contributed by atoms with E-state index in [0.717, 1.165) is 28.7 Å². The Morgan fingerprint density at radius 1 is 1.21 bits per heavy atom. The van der Waals surface area contributed by atoms with Gasteiger partial charge in [-0.1, -0.05) is 24.3 Å². The Labute approximate surface area is 190 Å². The van der Waals surface area contributed by atoms with E-state index >= 15 is 0 Å². The largest absolute Gasteiger partial charge is 0.495 e. The molecule has 3 heterocycles. The second-order valence-electron chi connectivity index (χ2n) is 8.30. The first-order valence-electron chi connectivity index (χ1n) is 10.8. The van der Waals surface area contributed by atoms with Crippen molar-refractivity contribution in [3.8, 4) is 11.4 Å². The summed E-state index contributed by atoms with van der Waals surface area (Å²) in [5.41, 5.74) is 4.24. The van der Waals surface area contributed by atoms with Gasteiger partial charge in [-0.2, -0.15) is 0 Å². The van der Waals surface area contributed by atoms with E-state index in [2.05, 4.69) is 4.98 Å². The number of ether oxygens (including phenoxy) is 1. The van der Waals surface area contributed by atoms with Crippen LogP contribution in [0.5, 0.6) is 5.75 Å². The predicted molar refractivity (Wildman–Crippen MR) is 121 cm³/mol. The number of halogens is 2. The van der Waals surface area contributed by atoms with Gasteiger partial charge in [-0.3, -0.25) is 4.79 Å². The Morgan fingerprint density at radius 3 is 2.82 bits per heavy atom. The summed E-state index contributed by atoms with van der Waals surface area (Å²) >= 11 is 0. The molecule has 2 aromatic carbocycles. The Kier molecular flexibility index (Phi) is 5.32. The van der Waals surface area contributed by atoms with Crippen LogP contribution in [0.1, 0.15) is 42.1 Å². The van der Waals surface area contributed by atoms with Crippen LogP contribution in [-0.2, 0) is 4.79 Å². The van der Waals surface area contributed by atoms with Crippen LogP contribution in [0.3, 0.4) is 0 Å². The van der Waals surface area contributed by atoms with Gasteiger partial charge in [0.2, 0.25) is 0 Å². The van der Waals surface area contributed by atoms with Crippen LogP contribution in [0.2, 0.25) is 0 Å². The minimum atomic E-state index is -0.898. The Hall–Kier alpha value is -3.74. The van der Waals surface area contributed by atoms with Crippen molar-refractivity contribution >= 4 is 12.0 Å². The van der Waals surface area contributed by atoms with Gasteiger partial charge in [-0.25, -0.2) is 13.8 Å². The van der Waals surface area contributed by atoms with Crippen molar-refractivity contribution in [3.05, 3.63) is 94.7 Å². The van der Waals surface area contributed by atoms with E-state index < -0.39 is 17.7 Å². The lowest BCUT2D eigenvalue weighted by Gasteiger charge is -2.30. The maximum Gasteiger partial charge on any atom is 0.254 e. The van der Waals surface area contributed by atoms with E-state index in [9.17, 15) is 13.6 Å². The number of nitrogens with zero attached hydrogens (tertiary/aromatic N) is 3. The number of fused-ring (bicyclic) bond motifs is 1. The average molecular weight is 447 g/mol. The number of benzene rings is 2. The number of imidazole rings is 1. The number of hydrogen-bond donors (Lipinski definition) is 0. The van der Waals surface area contributed by atoms with Crippen LogP contribution in [0.4, 0.5) is 8.78 Å². The average Bonchev–Trinajstić information content (AvgIpc) is 3.44. The Morgan fingerprint density at radius 2 is 2.06 bits per heavy atom. The fourth-order valence-electron chi connectivity index (χ4n) is 4.62. The van der Waals surface area contributed by atoms with Crippen molar-refractivity contribution < 1.29 is 18.3 Å². The molecule has 0 bridgehead atoms. The van der Waals surface area contributed by atoms with E-state index in [-0.39, 0.29) is 11.5 Å². The third-order valence-corrected chi connectivity index (χ3v) is 6.22. The van der Waals surface area contributed by atoms with Crippen molar-refractivity contribution in [2.24, 2.45) is 0 Å². The van der Waals surface area contributed by atoms with Crippen molar-refractivity contribution in [2.75, 3.05) is 7.11 Å². The lowest BCUT2D eigenvalue weighted by atomic mass is 10.00. The molecule has 168 valence electrons. The number of hydrogen-bond acceptors (Lipinski definition) is 3. The van der Waals surface area contributed by atoms with Crippen LogP contribution < -0.4 is 4.74 Å². The van der Waals surface area contributed by atoms with Crippen LogP contribution in [0, 0.1) is 18.6 Å². The van der Waals surface area contributed by atoms with Crippen molar-refractivity contribution in [1.82, 2.24) is 14.5 Å². The molecule has 2 aliphatic rings. The minimum absolute atomic E-state index is 0.174. The number of methoxy groups -OCH3 is 1. The van der Waals surface area contributed by atoms with Gasteiger partial charge in [-0.05, 0) is 56.0 Å². The summed E-state index contributed by atoms with van der Waals surface area (Å²) in [6, 6.07) is 9.33. The van der Waals surface area contributed by atoms with Gasteiger partial charge in [0.05, 0.1) is 30.9 Å². The van der Waals surface area contributed by atoms with E-state index in [1.54, 1.807) is 24.4 Å². The monoisotopic (exact) mass is 447 g/mol. The zero-order valence-electron chi connectivity index (χ0n) is 18.4. The van der Waals surface area contributed by atoms with Gasteiger partial charge in [-0.15, -0.1) is 0 Å². The SMILES string of the molecule is COc1cc(C=C2CC=C3CC[C@@H](c4cccc(F)c4F)N3C2=O)ccc1-n1cnc(C)c1. The minimum Gasteiger partial charge on any atom is -0.495 e. The summed E-state index contributed by atoms with van der Waals surface area (Å²) in [6.07, 6.45) is 9.19. The Balaban J connectivity index is 1.47. The number of amides is 1. The van der Waals surface area contributed by atoms with Gasteiger partial charge < -0.3 is 14.2 Å². The van der Waals surface area contributed by atoms with Crippen LogP contribution in [-0.4, -0.2) is 27.5 Å². The fraction of sp³-hybridized carbons (Fsp3) is 0.231. The summed E-state index contributed by atoms with van der Waals surface area (Å²) in [7, 11) is 1.60. The molecule has 1 aromatic heterocycles. The number of carbonyl (C=O) groups is 1. The topological polar surface area (TPSA) is 47.4 Å². The maximum atomic E-state index is 14.5. The highest BCUT2D eigenvalue weighted by Gasteiger charge is 2.38. The summed E-state index contributed by atoms with van der Waals surface area (Å²) in [5.74, 6) is -1.30. The highest BCUT2D eigenvalue weighted by molar-refractivity contribution is 6.00. The lowest BCUT2D eigenvalue weighted by Crippen LogP contribution is -2.33. The summed E-state index contributed by atoms with van der Waals surface area (Å²) in [6.45, 7) is 1.92. The van der Waals surface area contributed by atoms with Crippen molar-refractivity contribution in [1.29, 1.82) is 0 Å². The van der Waals surface area contributed by atoms with Gasteiger partial charge >= 0.3 is 0 Å². The first-order chi connectivity index (χ1) is 16.0. The summed E-state index contributed by atoms with van der Waals surface area (Å²) in [4.78, 5) is 19.3. The molecule has 1 atom stereocenters. The van der Waals surface area contributed by atoms with Crippen molar-refractivity contribution in [2.45, 2.75) is 32.2 Å². The van der Waals surface area contributed by atoms with E-state index in [1.165, 1.54) is 6.07 Å². The van der Waals surface area contributed by atoms with E-state index in [1.807, 2.05) is 48.0 Å². The standard InChI is InChI=1S/C26H23F2N3O2/c1-16-14-30(15-29-16)23-10-6-17(13-24(23)33-2)12-18-7-8-19-9-11-22(31(19)26(18)32)20-4-3-5-21(27)25(20)28/h3-6,8,10,12-15,22H,7,9,11H2,1-2H3/t22-/m0/s1. The van der Waals surface area contributed by atoms with Crippen LogP contribution in [0.15, 0.2) is 66.3 Å². The third-order valence-electron chi connectivity index (χ3n) is 6.22. The molecule has 0 unspecified atom stereocenters. The zero-order chi connectivity index (χ0) is 23.1. The molecule has 5 rings (SSSR count). The lowest BCUT2D eigenvalue weighted by molar-refractivity contribution is -0.126. The molecule has 7 heteroatoms. The number of aryl methyl sites for hydroxylation is 1. The second-order valence-corrected chi connectivity index (χ2v) is 8.30. The van der Waals surface area contributed by atoms with Crippen molar-refractivity contribution in [3.63, 3.8) is 0 Å². The quantitative estimate of drug-likeness (QED) is 0.496. The molecule has 0 saturated carbocycles. The molecule has 3 aromatic rings. The molecule has 1 amide bonds. The van der Waals surface area contributed by atoms with Gasteiger partial charge in [0, 0.05) is 23.0 Å². The number of carbonyl (C=O) groups excluding carboxylic acids is 1. The molecule has 0 N–H and O–H groups in total. The molecule has 0 radical (unpaired) electrons. The van der Waals surface area contributed by atoms with Gasteiger partial charge in [0.25, 0.3) is 5.91 Å². The molecule has 0 spiro atoms. The molecular weight excluding hydrogens is 424 g/mol. The highest BCUT2D eigenvalue weighted by Crippen LogP contribution is 2.43. The fourth-order valence-corrected chi connectivity index (χ4v) is 4.62. The normalized spacial score (nSPS) is 19.1. The van der Waals surface area contributed by atoms with Gasteiger partial charge in [0.1, 0.15) is 5.75 Å².